The lowest BCUT2D eigenvalue weighted by molar-refractivity contribution is 0.391. The first-order valence-corrected chi connectivity index (χ1v) is 10.5. The zero-order valence-corrected chi connectivity index (χ0v) is 16.2. The minimum atomic E-state index is 0.545. The Kier molecular flexibility index (Phi) is 4.35. The number of benzene rings is 1. The largest absolute Gasteiger partial charge is 0.341 e. The smallest absolute Gasteiger partial charge is 0.237 e. The van der Waals surface area contributed by atoms with E-state index in [1.165, 1.54) is 31.2 Å². The third kappa shape index (κ3) is 3.45. The van der Waals surface area contributed by atoms with Gasteiger partial charge in [-0.05, 0) is 32.6 Å². The van der Waals surface area contributed by atoms with Gasteiger partial charge in [0.1, 0.15) is 0 Å². The van der Waals surface area contributed by atoms with Crippen molar-refractivity contribution in [2.45, 2.75) is 49.6 Å². The van der Waals surface area contributed by atoms with Gasteiger partial charge in [-0.2, -0.15) is 4.98 Å². The van der Waals surface area contributed by atoms with Crippen molar-refractivity contribution in [3.8, 4) is 11.4 Å². The molecule has 0 spiro atoms. The van der Waals surface area contributed by atoms with Crippen molar-refractivity contribution in [3.63, 3.8) is 0 Å². The van der Waals surface area contributed by atoms with Gasteiger partial charge in [-0.25, -0.2) is 0 Å². The molecule has 0 atom stereocenters. The topological polar surface area (TPSA) is 72.9 Å². The molecule has 140 valence electrons. The van der Waals surface area contributed by atoms with Crippen LogP contribution >= 0.6 is 11.8 Å². The quantitative estimate of drug-likeness (QED) is 0.599. The van der Waals surface area contributed by atoms with Crippen molar-refractivity contribution in [3.05, 3.63) is 35.7 Å². The lowest BCUT2D eigenvalue weighted by atomic mass is 10.1. The highest BCUT2D eigenvalue weighted by Gasteiger charge is 2.32. The standard InChI is InChI=1S/C19H22N6OS/c1-13-4-6-14(7-5-13)17-20-16(26-23-17)12-27-19-22-21-18(24-10-2-3-11-24)25(19)15-8-9-15/h4-7,15H,2-3,8-12H2,1H3. The van der Waals surface area contributed by atoms with Gasteiger partial charge in [0.25, 0.3) is 0 Å². The average molecular weight is 382 g/mol. The second-order valence-electron chi connectivity index (χ2n) is 7.24. The van der Waals surface area contributed by atoms with E-state index >= 15 is 0 Å². The maximum atomic E-state index is 5.44. The summed E-state index contributed by atoms with van der Waals surface area (Å²) in [4.78, 5) is 6.89. The molecular weight excluding hydrogens is 360 g/mol. The summed E-state index contributed by atoms with van der Waals surface area (Å²) < 4.78 is 7.76. The maximum Gasteiger partial charge on any atom is 0.237 e. The molecule has 3 aromatic rings. The monoisotopic (exact) mass is 382 g/mol. The molecule has 0 amide bonds. The fraction of sp³-hybridized carbons (Fsp3) is 0.474. The van der Waals surface area contributed by atoms with E-state index in [1.54, 1.807) is 11.8 Å². The Hall–Kier alpha value is -2.35. The van der Waals surface area contributed by atoms with Crippen LogP contribution in [0.3, 0.4) is 0 Å². The SMILES string of the molecule is Cc1ccc(-c2noc(CSc3nnc(N4CCCC4)n3C3CC3)n2)cc1. The molecule has 5 rings (SSSR count). The Labute approximate surface area is 162 Å². The number of hydrogen-bond acceptors (Lipinski definition) is 7. The number of hydrogen-bond donors (Lipinski definition) is 0. The summed E-state index contributed by atoms with van der Waals surface area (Å²) in [5.41, 5.74) is 2.18. The lowest BCUT2D eigenvalue weighted by Gasteiger charge is -2.17. The number of aryl methyl sites for hydroxylation is 1. The van der Waals surface area contributed by atoms with Gasteiger partial charge in [0.15, 0.2) is 5.16 Å². The van der Waals surface area contributed by atoms with Gasteiger partial charge < -0.3 is 9.42 Å². The number of thioether (sulfide) groups is 1. The van der Waals surface area contributed by atoms with E-state index in [4.69, 9.17) is 4.52 Å². The van der Waals surface area contributed by atoms with Crippen LogP contribution in [0.4, 0.5) is 5.95 Å². The predicted molar refractivity (Wildman–Crippen MR) is 104 cm³/mol. The van der Waals surface area contributed by atoms with E-state index in [1.807, 2.05) is 12.1 Å². The molecule has 7 nitrogen and oxygen atoms in total. The summed E-state index contributed by atoms with van der Waals surface area (Å²) >= 11 is 1.63. The number of rotatable bonds is 6. The van der Waals surface area contributed by atoms with Crippen LogP contribution in [0.5, 0.6) is 0 Å². The Morgan fingerprint density at radius 2 is 1.89 bits per heavy atom. The van der Waals surface area contributed by atoms with Crippen LogP contribution in [0, 0.1) is 6.92 Å². The first kappa shape index (κ1) is 16.8. The van der Waals surface area contributed by atoms with E-state index in [0.717, 1.165) is 29.8 Å². The summed E-state index contributed by atoms with van der Waals surface area (Å²) in [5, 5.41) is 14.0. The summed E-state index contributed by atoms with van der Waals surface area (Å²) in [6.07, 6.45) is 4.91. The molecule has 1 saturated heterocycles. The third-order valence-corrected chi connectivity index (χ3v) is 5.98. The maximum absolute atomic E-state index is 5.44. The van der Waals surface area contributed by atoms with E-state index in [-0.39, 0.29) is 0 Å². The van der Waals surface area contributed by atoms with Crippen molar-refractivity contribution in [2.75, 3.05) is 18.0 Å². The molecule has 1 aliphatic carbocycles. The van der Waals surface area contributed by atoms with Crippen molar-refractivity contribution < 1.29 is 4.52 Å². The van der Waals surface area contributed by atoms with Crippen LogP contribution in [0.2, 0.25) is 0 Å². The highest BCUT2D eigenvalue weighted by atomic mass is 32.2. The molecule has 1 saturated carbocycles. The Balaban J connectivity index is 1.31. The van der Waals surface area contributed by atoms with Gasteiger partial charge in [0, 0.05) is 24.7 Å². The van der Waals surface area contributed by atoms with Gasteiger partial charge in [-0.1, -0.05) is 46.7 Å². The van der Waals surface area contributed by atoms with Crippen molar-refractivity contribution in [1.29, 1.82) is 0 Å². The summed E-state index contributed by atoms with van der Waals surface area (Å²) in [7, 11) is 0. The van der Waals surface area contributed by atoms with Crippen LogP contribution < -0.4 is 4.90 Å². The zero-order chi connectivity index (χ0) is 18.2. The van der Waals surface area contributed by atoms with Gasteiger partial charge in [0.05, 0.1) is 5.75 Å². The van der Waals surface area contributed by atoms with Crippen molar-refractivity contribution in [2.24, 2.45) is 0 Å². The molecule has 0 unspecified atom stereocenters. The van der Waals surface area contributed by atoms with Gasteiger partial charge >= 0.3 is 0 Å². The second kappa shape index (κ2) is 6.99. The fourth-order valence-corrected chi connectivity index (χ4v) is 4.25. The highest BCUT2D eigenvalue weighted by molar-refractivity contribution is 7.98. The van der Waals surface area contributed by atoms with Crippen molar-refractivity contribution in [1.82, 2.24) is 24.9 Å². The number of nitrogens with zero attached hydrogens (tertiary/aromatic N) is 6. The number of aromatic nitrogens is 5. The molecule has 0 bridgehead atoms. The minimum absolute atomic E-state index is 0.545. The Bertz CT molecular complexity index is 924. The molecular formula is C19H22N6OS. The molecule has 2 fully saturated rings. The van der Waals surface area contributed by atoms with Crippen LogP contribution in [0.15, 0.2) is 33.9 Å². The third-order valence-electron chi connectivity index (χ3n) is 5.05. The first-order chi connectivity index (χ1) is 13.3. The average Bonchev–Trinajstić information content (AvgIpc) is 3.10. The van der Waals surface area contributed by atoms with Gasteiger partial charge in [-0.15, -0.1) is 10.2 Å². The molecule has 1 aliphatic heterocycles. The van der Waals surface area contributed by atoms with Crippen LogP contribution in [-0.4, -0.2) is 38.0 Å². The predicted octanol–water partition coefficient (Wildman–Crippen LogP) is 3.86. The number of anilines is 1. The van der Waals surface area contributed by atoms with Crippen molar-refractivity contribution >= 4 is 17.7 Å². The fourth-order valence-electron chi connectivity index (χ4n) is 3.41. The second-order valence-corrected chi connectivity index (χ2v) is 8.19. The van der Waals surface area contributed by atoms with Crippen LogP contribution in [0.25, 0.3) is 11.4 Å². The summed E-state index contributed by atoms with van der Waals surface area (Å²) in [6.45, 7) is 4.23. The van der Waals surface area contributed by atoms with Gasteiger partial charge in [0.2, 0.25) is 17.7 Å². The Morgan fingerprint density at radius 1 is 1.11 bits per heavy atom. The van der Waals surface area contributed by atoms with E-state index in [2.05, 4.69) is 48.9 Å². The normalized spacial score (nSPS) is 17.0. The summed E-state index contributed by atoms with van der Waals surface area (Å²) in [6, 6.07) is 8.69. The molecule has 0 radical (unpaired) electrons. The zero-order valence-electron chi connectivity index (χ0n) is 15.3. The minimum Gasteiger partial charge on any atom is -0.341 e. The van der Waals surface area contributed by atoms with Crippen LogP contribution in [-0.2, 0) is 5.75 Å². The van der Waals surface area contributed by atoms with E-state index < -0.39 is 0 Å². The van der Waals surface area contributed by atoms with E-state index in [0.29, 0.717) is 23.5 Å². The molecule has 8 heteroatoms. The Morgan fingerprint density at radius 3 is 2.63 bits per heavy atom. The highest BCUT2D eigenvalue weighted by Crippen LogP contribution is 2.41. The van der Waals surface area contributed by atoms with E-state index in [9.17, 15) is 0 Å². The van der Waals surface area contributed by atoms with Crippen LogP contribution in [0.1, 0.15) is 43.2 Å². The molecule has 3 heterocycles. The molecule has 1 aromatic carbocycles. The molecule has 27 heavy (non-hydrogen) atoms. The molecule has 0 N–H and O–H groups in total. The molecule has 2 aliphatic rings. The summed E-state index contributed by atoms with van der Waals surface area (Å²) in [5.74, 6) is 2.88. The lowest BCUT2D eigenvalue weighted by Crippen LogP contribution is -2.22. The molecule has 2 aromatic heterocycles. The van der Waals surface area contributed by atoms with Gasteiger partial charge in [-0.3, -0.25) is 4.57 Å². The first-order valence-electron chi connectivity index (χ1n) is 9.50.